The molecule has 2 aliphatic heterocycles. The standard InChI is InChI=1S/C9H13F3N2O2/c10-9(11,12)5-13-8(15)14-3-6-1-2-7(4-14)16-6/h6-7H,1-5H2,(H,13,15). The van der Waals surface area contributed by atoms with E-state index < -0.39 is 18.8 Å². The normalized spacial score (nSPS) is 29.3. The molecule has 2 bridgehead atoms. The van der Waals surface area contributed by atoms with Crippen LogP contribution in [0.1, 0.15) is 12.8 Å². The molecular weight excluding hydrogens is 225 g/mol. The van der Waals surface area contributed by atoms with Gasteiger partial charge in [-0.1, -0.05) is 0 Å². The highest BCUT2D eigenvalue weighted by Gasteiger charge is 2.36. The summed E-state index contributed by atoms with van der Waals surface area (Å²) in [5.41, 5.74) is 0. The second kappa shape index (κ2) is 4.12. The van der Waals surface area contributed by atoms with Crippen LogP contribution >= 0.6 is 0 Å². The highest BCUT2D eigenvalue weighted by molar-refractivity contribution is 5.74. The lowest BCUT2D eigenvalue weighted by molar-refractivity contribution is -0.123. The fourth-order valence-electron chi connectivity index (χ4n) is 2.07. The quantitative estimate of drug-likeness (QED) is 0.743. The summed E-state index contributed by atoms with van der Waals surface area (Å²) in [6.07, 6.45) is -2.60. The van der Waals surface area contributed by atoms with Gasteiger partial charge in [0.15, 0.2) is 0 Å². The predicted octanol–water partition coefficient (Wildman–Crippen LogP) is 1.12. The Hall–Kier alpha value is -0.980. The molecule has 16 heavy (non-hydrogen) atoms. The van der Waals surface area contributed by atoms with Crippen molar-refractivity contribution in [1.82, 2.24) is 10.2 Å². The van der Waals surface area contributed by atoms with Gasteiger partial charge in [0, 0.05) is 13.1 Å². The van der Waals surface area contributed by atoms with E-state index in [-0.39, 0.29) is 12.2 Å². The van der Waals surface area contributed by atoms with Gasteiger partial charge in [-0.2, -0.15) is 13.2 Å². The van der Waals surface area contributed by atoms with Crippen molar-refractivity contribution in [3.05, 3.63) is 0 Å². The Bertz CT molecular complexity index is 270. The zero-order chi connectivity index (χ0) is 11.8. The number of carbonyl (C=O) groups is 1. The molecule has 2 aliphatic rings. The summed E-state index contributed by atoms with van der Waals surface area (Å²) in [6.45, 7) is -0.501. The number of hydrogen-bond acceptors (Lipinski definition) is 2. The first-order valence-electron chi connectivity index (χ1n) is 5.19. The molecule has 2 unspecified atom stereocenters. The molecule has 4 nitrogen and oxygen atoms in total. The first kappa shape index (κ1) is 11.5. The fourth-order valence-corrected chi connectivity index (χ4v) is 2.07. The molecule has 7 heteroatoms. The van der Waals surface area contributed by atoms with Gasteiger partial charge in [0.05, 0.1) is 12.2 Å². The third-order valence-corrected chi connectivity index (χ3v) is 2.77. The van der Waals surface area contributed by atoms with Gasteiger partial charge in [-0.15, -0.1) is 0 Å². The van der Waals surface area contributed by atoms with Gasteiger partial charge in [-0.3, -0.25) is 0 Å². The van der Waals surface area contributed by atoms with Crippen molar-refractivity contribution in [2.24, 2.45) is 0 Å². The van der Waals surface area contributed by atoms with Crippen molar-refractivity contribution in [2.45, 2.75) is 31.2 Å². The van der Waals surface area contributed by atoms with E-state index in [4.69, 9.17) is 4.74 Å². The minimum atomic E-state index is -4.36. The van der Waals surface area contributed by atoms with Crippen molar-refractivity contribution < 1.29 is 22.7 Å². The average Bonchev–Trinajstić information content (AvgIpc) is 2.53. The molecule has 1 N–H and O–H groups in total. The van der Waals surface area contributed by atoms with E-state index in [9.17, 15) is 18.0 Å². The van der Waals surface area contributed by atoms with Crippen LogP contribution in [-0.2, 0) is 4.74 Å². The highest BCUT2D eigenvalue weighted by atomic mass is 19.4. The lowest BCUT2D eigenvalue weighted by Gasteiger charge is -2.32. The van der Waals surface area contributed by atoms with Crippen molar-refractivity contribution in [2.75, 3.05) is 19.6 Å². The summed E-state index contributed by atoms with van der Waals surface area (Å²) >= 11 is 0. The van der Waals surface area contributed by atoms with Crippen LogP contribution < -0.4 is 5.32 Å². The minimum Gasteiger partial charge on any atom is -0.371 e. The molecule has 2 heterocycles. The number of likely N-dealkylation sites (tertiary alicyclic amines) is 1. The van der Waals surface area contributed by atoms with Crippen molar-refractivity contribution in [3.8, 4) is 0 Å². The number of morpholine rings is 1. The summed E-state index contributed by atoms with van der Waals surface area (Å²) in [6, 6.07) is -0.655. The van der Waals surface area contributed by atoms with Gasteiger partial charge >= 0.3 is 12.2 Å². The van der Waals surface area contributed by atoms with Gasteiger partial charge in [0.2, 0.25) is 0 Å². The van der Waals surface area contributed by atoms with Gasteiger partial charge in [-0.25, -0.2) is 4.79 Å². The zero-order valence-corrected chi connectivity index (χ0v) is 8.59. The molecular formula is C9H13F3N2O2. The van der Waals surface area contributed by atoms with Gasteiger partial charge in [-0.05, 0) is 12.8 Å². The van der Waals surface area contributed by atoms with Gasteiger partial charge in [0.1, 0.15) is 6.54 Å². The number of rotatable bonds is 1. The lowest BCUT2D eigenvalue weighted by Crippen LogP contribution is -2.51. The van der Waals surface area contributed by atoms with Crippen LogP contribution in [0.5, 0.6) is 0 Å². The van der Waals surface area contributed by atoms with Crippen LogP contribution in [0.2, 0.25) is 0 Å². The maximum Gasteiger partial charge on any atom is 0.405 e. The highest BCUT2D eigenvalue weighted by Crippen LogP contribution is 2.26. The third-order valence-electron chi connectivity index (χ3n) is 2.77. The largest absolute Gasteiger partial charge is 0.405 e. The molecule has 0 aromatic rings. The van der Waals surface area contributed by atoms with E-state index in [0.717, 1.165) is 12.8 Å². The Kier molecular flexibility index (Phi) is 2.96. The summed E-state index contributed by atoms with van der Waals surface area (Å²) < 4.78 is 41.2. The number of ether oxygens (including phenoxy) is 1. The second-order valence-electron chi connectivity index (χ2n) is 4.14. The molecule has 2 amide bonds. The minimum absolute atomic E-state index is 0.00427. The van der Waals surface area contributed by atoms with E-state index in [1.807, 2.05) is 5.32 Å². The Balaban J connectivity index is 1.81. The topological polar surface area (TPSA) is 41.6 Å². The fraction of sp³-hybridized carbons (Fsp3) is 0.889. The Labute approximate surface area is 90.7 Å². The van der Waals surface area contributed by atoms with E-state index >= 15 is 0 Å². The molecule has 0 saturated carbocycles. The Morgan fingerprint density at radius 1 is 1.31 bits per heavy atom. The molecule has 2 fully saturated rings. The zero-order valence-electron chi connectivity index (χ0n) is 8.59. The SMILES string of the molecule is O=C(NCC(F)(F)F)N1CC2CCC(C1)O2. The number of fused-ring (bicyclic) bond motifs is 2. The number of hydrogen-bond donors (Lipinski definition) is 1. The average molecular weight is 238 g/mol. The van der Waals surface area contributed by atoms with E-state index in [1.54, 1.807) is 0 Å². The smallest absolute Gasteiger partial charge is 0.371 e. The van der Waals surface area contributed by atoms with Crippen LogP contribution in [-0.4, -0.2) is 48.9 Å². The monoisotopic (exact) mass is 238 g/mol. The van der Waals surface area contributed by atoms with Gasteiger partial charge in [0.25, 0.3) is 0 Å². The maximum atomic E-state index is 11.9. The van der Waals surface area contributed by atoms with E-state index in [1.165, 1.54) is 4.90 Å². The summed E-state index contributed by atoms with van der Waals surface area (Å²) in [5, 5.41) is 1.87. The molecule has 92 valence electrons. The predicted molar refractivity (Wildman–Crippen MR) is 48.9 cm³/mol. The molecule has 0 radical (unpaired) electrons. The van der Waals surface area contributed by atoms with Crippen molar-refractivity contribution in [1.29, 1.82) is 0 Å². The van der Waals surface area contributed by atoms with Crippen molar-refractivity contribution >= 4 is 6.03 Å². The maximum absolute atomic E-state index is 11.9. The van der Waals surface area contributed by atoms with Crippen molar-refractivity contribution in [3.63, 3.8) is 0 Å². The molecule has 0 aromatic carbocycles. The number of amides is 2. The molecule has 0 aromatic heterocycles. The number of carbonyl (C=O) groups excluding carboxylic acids is 1. The summed E-state index contributed by atoms with van der Waals surface area (Å²) in [5.74, 6) is 0. The van der Waals surface area contributed by atoms with Crippen LogP contribution in [0.3, 0.4) is 0 Å². The summed E-state index contributed by atoms with van der Waals surface area (Å²) in [4.78, 5) is 12.8. The Morgan fingerprint density at radius 3 is 2.38 bits per heavy atom. The van der Waals surface area contributed by atoms with E-state index in [2.05, 4.69) is 0 Å². The first-order chi connectivity index (χ1) is 7.44. The third kappa shape index (κ3) is 2.78. The number of nitrogens with one attached hydrogen (secondary N) is 1. The van der Waals surface area contributed by atoms with Crippen LogP contribution in [0.25, 0.3) is 0 Å². The second-order valence-corrected chi connectivity index (χ2v) is 4.14. The number of halogens is 3. The van der Waals surface area contributed by atoms with Crippen LogP contribution in [0.15, 0.2) is 0 Å². The number of urea groups is 1. The van der Waals surface area contributed by atoms with E-state index in [0.29, 0.717) is 13.1 Å². The van der Waals surface area contributed by atoms with Gasteiger partial charge < -0.3 is 15.0 Å². The molecule has 2 atom stereocenters. The van der Waals surface area contributed by atoms with Crippen LogP contribution in [0.4, 0.5) is 18.0 Å². The molecule has 2 rings (SSSR count). The number of alkyl halides is 3. The molecule has 0 spiro atoms. The molecule has 2 saturated heterocycles. The summed E-state index contributed by atoms with van der Waals surface area (Å²) in [7, 11) is 0. The lowest BCUT2D eigenvalue weighted by atomic mass is 10.2. The molecule has 0 aliphatic carbocycles. The Morgan fingerprint density at radius 2 is 1.88 bits per heavy atom. The number of nitrogens with zero attached hydrogens (tertiary/aromatic N) is 1. The first-order valence-corrected chi connectivity index (χ1v) is 5.19. The van der Waals surface area contributed by atoms with Crippen LogP contribution in [0, 0.1) is 0 Å².